The Hall–Kier alpha value is -3.79. The van der Waals surface area contributed by atoms with E-state index in [1.54, 1.807) is 29.5 Å². The number of pyridine rings is 1. The summed E-state index contributed by atoms with van der Waals surface area (Å²) in [7, 11) is -3.47. The van der Waals surface area contributed by atoms with Crippen LogP contribution in [0.3, 0.4) is 0 Å². The number of rotatable bonds is 4. The maximum absolute atomic E-state index is 15.2. The number of aromatic nitrogens is 2. The van der Waals surface area contributed by atoms with Crippen molar-refractivity contribution in [2.24, 2.45) is 0 Å². The van der Waals surface area contributed by atoms with Crippen LogP contribution in [0.2, 0.25) is 0 Å². The fourth-order valence-corrected chi connectivity index (χ4v) is 4.89. The number of nitrogens with zero attached hydrogens (tertiary/aromatic N) is 3. The zero-order valence-corrected chi connectivity index (χ0v) is 19.9. The second kappa shape index (κ2) is 8.16. The van der Waals surface area contributed by atoms with Crippen LogP contribution in [0, 0.1) is 18.6 Å². The molecule has 1 amide bonds. The van der Waals surface area contributed by atoms with Crippen molar-refractivity contribution in [2.75, 3.05) is 11.2 Å². The van der Waals surface area contributed by atoms with Gasteiger partial charge < -0.3 is 9.14 Å². The molecule has 0 bridgehead atoms. The highest BCUT2D eigenvalue weighted by molar-refractivity contribution is 7.90. The molecule has 0 aliphatic carbocycles. The van der Waals surface area contributed by atoms with Gasteiger partial charge in [-0.3, -0.25) is 9.69 Å². The van der Waals surface area contributed by atoms with Crippen molar-refractivity contribution in [1.82, 2.24) is 9.38 Å². The third-order valence-corrected chi connectivity index (χ3v) is 7.12. The van der Waals surface area contributed by atoms with Gasteiger partial charge in [-0.05, 0) is 55.3 Å². The third-order valence-electron chi connectivity index (χ3n) is 6.01. The Labute approximate surface area is 200 Å². The van der Waals surface area contributed by atoms with Crippen molar-refractivity contribution in [2.45, 2.75) is 31.4 Å². The molecule has 0 fully saturated rings. The Bertz CT molecular complexity index is 1610. The molecule has 1 aliphatic heterocycles. The van der Waals surface area contributed by atoms with Gasteiger partial charge in [0.15, 0.2) is 27.5 Å². The molecule has 1 atom stereocenters. The highest BCUT2D eigenvalue weighted by Gasteiger charge is 2.35. The fourth-order valence-electron chi connectivity index (χ4n) is 4.23. The lowest BCUT2D eigenvalue weighted by Gasteiger charge is -2.33. The average Bonchev–Trinajstić information content (AvgIpc) is 3.10. The number of halogens is 2. The van der Waals surface area contributed by atoms with Crippen LogP contribution in [0.1, 0.15) is 18.3 Å². The standard InChI is InChI=1S/C25H21F2N3O4S/c1-14-22(29-8-7-18(26)12-23(29)28-14)13-30-21-11-17(10-20(27)24(21)34-15(2)25(30)31)16-5-4-6-19(9-16)35(3,32)33/h4-12,15H,13H2,1-3H3/t15-/m1/s1. The van der Waals surface area contributed by atoms with E-state index >= 15 is 4.39 Å². The summed E-state index contributed by atoms with van der Waals surface area (Å²) in [6, 6.07) is 11.6. The third kappa shape index (κ3) is 4.03. The number of imidazole rings is 1. The lowest BCUT2D eigenvalue weighted by Crippen LogP contribution is -2.44. The maximum atomic E-state index is 15.2. The number of amides is 1. The molecule has 2 aromatic heterocycles. The number of carbonyl (C=O) groups is 1. The van der Waals surface area contributed by atoms with Crippen LogP contribution in [0.15, 0.2) is 59.6 Å². The summed E-state index contributed by atoms with van der Waals surface area (Å²) < 4.78 is 60.2. The lowest BCUT2D eigenvalue weighted by molar-refractivity contribution is -0.125. The molecule has 0 saturated carbocycles. The van der Waals surface area contributed by atoms with Crippen LogP contribution in [0.5, 0.6) is 5.75 Å². The quantitative estimate of drug-likeness (QED) is 0.420. The fraction of sp³-hybridized carbons (Fsp3) is 0.200. The SMILES string of the molecule is Cc1nc2cc(F)ccn2c1CN1C(=O)[C@@H](C)Oc2c(F)cc(-c3cccc(S(C)(=O)=O)c3)cc21. The molecule has 3 heterocycles. The summed E-state index contributed by atoms with van der Waals surface area (Å²) >= 11 is 0. The van der Waals surface area contributed by atoms with Gasteiger partial charge in [-0.25, -0.2) is 22.2 Å². The first-order valence-electron chi connectivity index (χ1n) is 10.8. The number of hydrogen-bond donors (Lipinski definition) is 0. The summed E-state index contributed by atoms with van der Waals surface area (Å²) in [6.07, 6.45) is 1.70. The first kappa shape index (κ1) is 23.0. The molecular weight excluding hydrogens is 476 g/mol. The summed E-state index contributed by atoms with van der Waals surface area (Å²) in [5, 5.41) is 0. The minimum atomic E-state index is -3.47. The summed E-state index contributed by atoms with van der Waals surface area (Å²) in [5.74, 6) is -1.56. The van der Waals surface area contributed by atoms with Crippen molar-refractivity contribution >= 4 is 27.1 Å². The van der Waals surface area contributed by atoms with Crippen LogP contribution in [0.4, 0.5) is 14.5 Å². The van der Waals surface area contributed by atoms with E-state index in [-0.39, 0.29) is 28.8 Å². The lowest BCUT2D eigenvalue weighted by atomic mass is 10.0. The summed E-state index contributed by atoms with van der Waals surface area (Å²) in [5.41, 5.74) is 2.70. The molecule has 0 unspecified atom stereocenters. The van der Waals surface area contributed by atoms with Gasteiger partial charge >= 0.3 is 0 Å². The molecule has 180 valence electrons. The van der Waals surface area contributed by atoms with Gasteiger partial charge in [0, 0.05) is 18.5 Å². The minimum Gasteiger partial charge on any atom is -0.476 e. The average molecular weight is 498 g/mol. The largest absolute Gasteiger partial charge is 0.476 e. The number of carbonyl (C=O) groups excluding carboxylic acids is 1. The summed E-state index contributed by atoms with van der Waals surface area (Å²) in [6.45, 7) is 3.34. The molecule has 10 heteroatoms. The predicted octanol–water partition coefficient (Wildman–Crippen LogP) is 4.31. The Morgan fingerprint density at radius 2 is 1.86 bits per heavy atom. The smallest absolute Gasteiger partial charge is 0.268 e. The molecule has 0 spiro atoms. The van der Waals surface area contributed by atoms with Gasteiger partial charge in [-0.15, -0.1) is 0 Å². The Balaban J connectivity index is 1.64. The molecule has 7 nitrogen and oxygen atoms in total. The van der Waals surface area contributed by atoms with E-state index in [1.807, 2.05) is 0 Å². The second-order valence-corrected chi connectivity index (χ2v) is 10.5. The highest BCUT2D eigenvalue weighted by atomic mass is 32.2. The van der Waals surface area contributed by atoms with Gasteiger partial charge in [0.1, 0.15) is 11.5 Å². The van der Waals surface area contributed by atoms with Crippen LogP contribution >= 0.6 is 0 Å². The molecule has 2 aromatic carbocycles. The van der Waals surface area contributed by atoms with Crippen molar-refractivity contribution in [3.63, 3.8) is 0 Å². The van der Waals surface area contributed by atoms with Crippen LogP contribution in [-0.2, 0) is 21.2 Å². The van der Waals surface area contributed by atoms with Gasteiger partial charge in [-0.2, -0.15) is 0 Å². The maximum Gasteiger partial charge on any atom is 0.268 e. The van der Waals surface area contributed by atoms with Crippen molar-refractivity contribution in [3.05, 3.63) is 77.8 Å². The van der Waals surface area contributed by atoms with E-state index in [4.69, 9.17) is 4.74 Å². The first-order valence-corrected chi connectivity index (χ1v) is 12.7. The molecular formula is C25H21F2N3O4S. The number of sulfone groups is 1. The molecule has 35 heavy (non-hydrogen) atoms. The summed E-state index contributed by atoms with van der Waals surface area (Å²) in [4.78, 5) is 19.1. The monoisotopic (exact) mass is 497 g/mol. The van der Waals surface area contributed by atoms with Crippen LogP contribution in [0.25, 0.3) is 16.8 Å². The number of ether oxygens (including phenoxy) is 1. The molecule has 4 aromatic rings. The van der Waals surface area contributed by atoms with Crippen molar-refractivity contribution in [1.29, 1.82) is 0 Å². The Kier molecular flexibility index (Phi) is 5.36. The predicted molar refractivity (Wildman–Crippen MR) is 126 cm³/mol. The zero-order valence-electron chi connectivity index (χ0n) is 19.1. The van der Waals surface area contributed by atoms with E-state index < -0.39 is 27.6 Å². The normalized spacial score (nSPS) is 15.9. The van der Waals surface area contributed by atoms with Crippen LogP contribution < -0.4 is 9.64 Å². The first-order chi connectivity index (χ1) is 16.5. The topological polar surface area (TPSA) is 81.0 Å². The van der Waals surface area contributed by atoms with Crippen molar-refractivity contribution in [3.8, 4) is 16.9 Å². The van der Waals surface area contributed by atoms with Crippen LogP contribution in [-0.4, -0.2) is 36.1 Å². The number of benzene rings is 2. The minimum absolute atomic E-state index is 0.0461. The Morgan fingerprint density at radius 3 is 2.60 bits per heavy atom. The van der Waals surface area contributed by atoms with E-state index in [2.05, 4.69) is 4.98 Å². The highest BCUT2D eigenvalue weighted by Crippen LogP contribution is 2.41. The molecule has 0 saturated heterocycles. The molecule has 1 aliphatic rings. The molecule has 0 N–H and O–H groups in total. The van der Waals surface area contributed by atoms with Gasteiger partial charge in [-0.1, -0.05) is 12.1 Å². The van der Waals surface area contributed by atoms with Gasteiger partial charge in [0.05, 0.1) is 28.5 Å². The van der Waals surface area contributed by atoms with Gasteiger partial charge in [0.2, 0.25) is 0 Å². The van der Waals surface area contributed by atoms with E-state index in [0.29, 0.717) is 28.2 Å². The van der Waals surface area contributed by atoms with Crippen molar-refractivity contribution < 1.29 is 26.7 Å². The zero-order chi connectivity index (χ0) is 25.1. The number of fused-ring (bicyclic) bond motifs is 2. The number of hydrogen-bond acceptors (Lipinski definition) is 5. The second-order valence-electron chi connectivity index (χ2n) is 8.51. The van der Waals surface area contributed by atoms with E-state index in [9.17, 15) is 17.6 Å². The Morgan fingerprint density at radius 1 is 1.09 bits per heavy atom. The van der Waals surface area contributed by atoms with E-state index in [0.717, 1.165) is 6.26 Å². The van der Waals surface area contributed by atoms with E-state index in [1.165, 1.54) is 48.4 Å². The molecule has 5 rings (SSSR count). The molecule has 0 radical (unpaired) electrons. The number of anilines is 1. The number of aryl methyl sites for hydroxylation is 1. The van der Waals surface area contributed by atoms with Gasteiger partial charge in [0.25, 0.3) is 5.91 Å².